The number of nitrogens with zero attached hydrogens (tertiary/aromatic N) is 3. The van der Waals surface area contributed by atoms with Gasteiger partial charge in [0.15, 0.2) is 10.8 Å². The second-order valence-corrected chi connectivity index (χ2v) is 9.27. The Morgan fingerprint density at radius 2 is 2.22 bits per heavy atom. The number of nitrogens with two attached hydrogens (primary N) is 1. The summed E-state index contributed by atoms with van der Waals surface area (Å²) in [5, 5.41) is 19.4. The molecule has 3 aliphatic rings. The van der Waals surface area contributed by atoms with Crippen molar-refractivity contribution in [1.29, 1.82) is 0 Å². The first-order valence-electron chi connectivity index (χ1n) is 9.47. The molecule has 2 amide bonds. The van der Waals surface area contributed by atoms with Gasteiger partial charge in [-0.25, -0.2) is 4.98 Å². The van der Waals surface area contributed by atoms with Gasteiger partial charge in [-0.3, -0.25) is 14.5 Å². The molecule has 4 heterocycles. The fourth-order valence-corrected chi connectivity index (χ4v) is 5.83. The summed E-state index contributed by atoms with van der Waals surface area (Å²) in [4.78, 5) is 47.4. The van der Waals surface area contributed by atoms with E-state index in [9.17, 15) is 19.5 Å². The quantitative estimate of drug-likeness (QED) is 0.175. The molecule has 14 heteroatoms. The number of nitrogen functional groups attached to an aromatic ring is 1. The number of thiazole rings is 1. The number of carboxylic acid groups (broad SMARTS) is 1. The van der Waals surface area contributed by atoms with Crippen molar-refractivity contribution in [2.75, 3.05) is 25.2 Å². The molecule has 3 N–H and O–H groups in total. The minimum Gasteiger partial charge on any atom is -0.543 e. The predicted molar refractivity (Wildman–Crippen MR) is 111 cm³/mol. The van der Waals surface area contributed by atoms with Crippen molar-refractivity contribution < 1.29 is 58.6 Å². The molecule has 3 aliphatic heterocycles. The summed E-state index contributed by atoms with van der Waals surface area (Å²) in [7, 11) is 1.28. The van der Waals surface area contributed by atoms with Gasteiger partial charge >= 0.3 is 29.6 Å². The van der Waals surface area contributed by atoms with E-state index in [4.69, 9.17) is 15.3 Å². The molecule has 1 aromatic rings. The zero-order valence-electron chi connectivity index (χ0n) is 17.7. The van der Waals surface area contributed by atoms with Crippen molar-refractivity contribution in [2.45, 2.75) is 30.9 Å². The van der Waals surface area contributed by atoms with Crippen molar-refractivity contribution in [2.24, 2.45) is 11.1 Å². The third-order valence-corrected chi connectivity index (χ3v) is 7.35. The van der Waals surface area contributed by atoms with Crippen LogP contribution in [0.15, 0.2) is 21.8 Å². The number of anilines is 1. The summed E-state index contributed by atoms with van der Waals surface area (Å²) >= 11 is 2.50. The maximum atomic E-state index is 12.8. The molecule has 1 aromatic heterocycles. The number of carboxylic acids is 1. The second kappa shape index (κ2) is 10.1. The minimum absolute atomic E-state index is 0. The van der Waals surface area contributed by atoms with Gasteiger partial charge in [-0.05, 0) is 17.9 Å². The standard InChI is InChI=1S/C18H21N5O6S2.Na/c1-7-3-4-29-13(7)8-5-30-16-11(15(25)23(16)12(8)17(26)27)21-14(24)10(22-28-2)9-6-31-18(19)20-9;/h6-7,11,13,16H,3-5H2,1-2H3,(H2,19,20)(H,21,24)(H,26,27);/q;+1/p-1/b22-10-;/t7-,11-,13+,16-;/m1./s1. The molecular formula is C18H20N5NaO6S2. The van der Waals surface area contributed by atoms with Gasteiger partial charge in [-0.2, -0.15) is 0 Å². The number of carbonyl (C=O) groups is 3. The molecule has 2 fully saturated rings. The minimum atomic E-state index is -1.43. The van der Waals surface area contributed by atoms with Gasteiger partial charge in [-0.1, -0.05) is 12.1 Å². The van der Waals surface area contributed by atoms with Gasteiger partial charge in [0.05, 0.1) is 17.8 Å². The van der Waals surface area contributed by atoms with Crippen LogP contribution in [-0.4, -0.2) is 70.4 Å². The SMILES string of the molecule is CO/N=C(\C(=O)N[C@@H]1C(=O)N2C(C(=O)[O-])=C([C@H]3OCC[C@H]3C)CS[C@H]12)c1csc(N)n1.[Na+]. The first kappa shape index (κ1) is 25.0. The zero-order valence-corrected chi connectivity index (χ0v) is 21.3. The molecule has 32 heavy (non-hydrogen) atoms. The van der Waals surface area contributed by atoms with E-state index in [0.717, 1.165) is 17.8 Å². The fraction of sp³-hybridized carbons (Fsp3) is 0.500. The molecule has 0 bridgehead atoms. The number of aliphatic carboxylic acids is 1. The third kappa shape index (κ3) is 4.41. The Morgan fingerprint density at radius 1 is 1.47 bits per heavy atom. The van der Waals surface area contributed by atoms with Crippen molar-refractivity contribution in [1.82, 2.24) is 15.2 Å². The smallest absolute Gasteiger partial charge is 0.543 e. The van der Waals surface area contributed by atoms with E-state index >= 15 is 0 Å². The van der Waals surface area contributed by atoms with E-state index in [1.165, 1.54) is 23.8 Å². The number of nitrogens with one attached hydrogen (secondary N) is 1. The number of hydrogen-bond donors (Lipinski definition) is 2. The van der Waals surface area contributed by atoms with Crippen LogP contribution in [0.4, 0.5) is 5.13 Å². The monoisotopic (exact) mass is 489 g/mol. The molecule has 11 nitrogen and oxygen atoms in total. The molecule has 0 unspecified atom stereocenters. The maximum Gasteiger partial charge on any atom is 1.00 e. The number of ether oxygens (including phenoxy) is 1. The molecule has 0 spiro atoms. The number of carbonyl (C=O) groups excluding carboxylic acids is 3. The number of oxime groups is 1. The van der Waals surface area contributed by atoms with Crippen molar-refractivity contribution >= 4 is 51.7 Å². The Labute approximate surface area is 214 Å². The van der Waals surface area contributed by atoms with Crippen molar-refractivity contribution in [3.05, 3.63) is 22.3 Å². The van der Waals surface area contributed by atoms with E-state index in [-0.39, 0.29) is 63.8 Å². The van der Waals surface area contributed by atoms with Gasteiger partial charge < -0.3 is 30.5 Å². The van der Waals surface area contributed by atoms with Crippen LogP contribution >= 0.6 is 23.1 Å². The first-order valence-corrected chi connectivity index (χ1v) is 11.4. The molecule has 4 rings (SSSR count). The number of β-lactam (4-membered cyclic amide) rings is 1. The van der Waals surface area contributed by atoms with Gasteiger partial charge in [0.25, 0.3) is 11.8 Å². The Kier molecular flexibility index (Phi) is 7.89. The molecule has 0 aromatic carbocycles. The summed E-state index contributed by atoms with van der Waals surface area (Å²) in [5.41, 5.74) is 6.09. The van der Waals surface area contributed by atoms with E-state index < -0.39 is 29.2 Å². The van der Waals surface area contributed by atoms with Gasteiger partial charge in [0, 0.05) is 17.7 Å². The third-order valence-electron chi connectivity index (χ3n) is 5.37. The maximum absolute atomic E-state index is 12.8. The van der Waals surface area contributed by atoms with E-state index in [2.05, 4.69) is 15.5 Å². The Balaban J connectivity index is 0.00000289. The van der Waals surface area contributed by atoms with Crippen LogP contribution in [0.2, 0.25) is 0 Å². The number of rotatable bonds is 6. The van der Waals surface area contributed by atoms with Crippen LogP contribution in [0, 0.1) is 5.92 Å². The average Bonchev–Trinajstić information content (AvgIpc) is 3.36. The molecule has 166 valence electrons. The zero-order chi connectivity index (χ0) is 22.3. The average molecular weight is 490 g/mol. The molecular weight excluding hydrogens is 469 g/mol. The van der Waals surface area contributed by atoms with E-state index in [1.54, 1.807) is 5.38 Å². The van der Waals surface area contributed by atoms with Crippen LogP contribution in [0.1, 0.15) is 19.0 Å². The number of thioether (sulfide) groups is 1. The predicted octanol–water partition coefficient (Wildman–Crippen LogP) is -4.09. The van der Waals surface area contributed by atoms with Crippen molar-refractivity contribution in [3.8, 4) is 0 Å². The molecule has 0 aliphatic carbocycles. The number of hydrogen-bond acceptors (Lipinski definition) is 11. The van der Waals surface area contributed by atoms with Crippen LogP contribution in [0.25, 0.3) is 0 Å². The Bertz CT molecular complexity index is 998. The van der Waals surface area contributed by atoms with Gasteiger partial charge in [0.1, 0.15) is 24.2 Å². The molecule has 0 saturated carbocycles. The normalized spacial score (nSPS) is 27.4. The number of fused-ring (bicyclic) bond motifs is 1. The van der Waals surface area contributed by atoms with Gasteiger partial charge in [0.2, 0.25) is 0 Å². The van der Waals surface area contributed by atoms with Crippen molar-refractivity contribution in [3.63, 3.8) is 0 Å². The summed E-state index contributed by atoms with van der Waals surface area (Å²) in [6.45, 7) is 2.52. The number of aromatic nitrogens is 1. The summed E-state index contributed by atoms with van der Waals surface area (Å²) in [6, 6.07) is -0.923. The summed E-state index contributed by atoms with van der Waals surface area (Å²) < 4.78 is 5.71. The second-order valence-electron chi connectivity index (χ2n) is 7.27. The van der Waals surface area contributed by atoms with Crippen LogP contribution in [0.3, 0.4) is 0 Å². The summed E-state index contributed by atoms with van der Waals surface area (Å²) in [5.74, 6) is -2.14. The topological polar surface area (TPSA) is 159 Å². The Hall–Kier alpha value is -1.64. The summed E-state index contributed by atoms with van der Waals surface area (Å²) in [6.07, 6.45) is 0.455. The fourth-order valence-electron chi connectivity index (χ4n) is 3.89. The first-order chi connectivity index (χ1) is 14.8. The number of amides is 2. The van der Waals surface area contributed by atoms with Gasteiger partial charge in [-0.15, -0.1) is 23.1 Å². The van der Waals surface area contributed by atoms with Crippen LogP contribution in [0.5, 0.6) is 0 Å². The molecule has 2 saturated heterocycles. The van der Waals surface area contributed by atoms with E-state index in [1.807, 2.05) is 6.92 Å². The largest absolute Gasteiger partial charge is 1.00 e. The molecule has 4 atom stereocenters. The Morgan fingerprint density at radius 3 is 2.78 bits per heavy atom. The van der Waals surface area contributed by atoms with Crippen LogP contribution in [-0.2, 0) is 24.0 Å². The molecule has 0 radical (unpaired) electrons. The van der Waals surface area contributed by atoms with E-state index in [0.29, 0.717) is 17.9 Å². The van der Waals surface area contributed by atoms with Crippen LogP contribution < -0.4 is 45.7 Å².